The highest BCUT2D eigenvalue weighted by molar-refractivity contribution is 5.28. The van der Waals surface area contributed by atoms with E-state index in [2.05, 4.69) is 28.9 Å². The Morgan fingerprint density at radius 3 is 2.75 bits per heavy atom. The minimum absolute atomic E-state index is 0.268. The molecular formula is C15H29N3O2. The van der Waals surface area contributed by atoms with Gasteiger partial charge in [-0.25, -0.2) is 0 Å². The fraction of sp³-hybridized carbons (Fsp3) is 0.800. The van der Waals surface area contributed by atoms with Crippen LogP contribution in [0.1, 0.15) is 51.8 Å². The number of nitrogens with zero attached hydrogens (tertiary/aromatic N) is 2. The van der Waals surface area contributed by atoms with Crippen molar-refractivity contribution in [2.75, 3.05) is 26.9 Å². The molecule has 0 fully saturated rings. The van der Waals surface area contributed by atoms with Gasteiger partial charge < -0.3 is 14.8 Å². The van der Waals surface area contributed by atoms with Crippen LogP contribution in [0, 0.1) is 0 Å². The van der Waals surface area contributed by atoms with Gasteiger partial charge in [0.15, 0.2) is 5.75 Å². The summed E-state index contributed by atoms with van der Waals surface area (Å²) < 4.78 is 13.0. The van der Waals surface area contributed by atoms with E-state index in [-0.39, 0.29) is 6.04 Å². The van der Waals surface area contributed by atoms with Crippen LogP contribution in [0.5, 0.6) is 5.75 Å². The van der Waals surface area contributed by atoms with E-state index in [0.29, 0.717) is 0 Å². The van der Waals surface area contributed by atoms with E-state index in [1.165, 1.54) is 0 Å². The molecule has 1 atom stereocenters. The molecular weight excluding hydrogens is 254 g/mol. The van der Waals surface area contributed by atoms with Gasteiger partial charge in [0.25, 0.3) is 0 Å². The average molecular weight is 283 g/mol. The van der Waals surface area contributed by atoms with Crippen LogP contribution in [0.3, 0.4) is 0 Å². The topological polar surface area (TPSA) is 48.3 Å². The third-order valence-electron chi connectivity index (χ3n) is 3.27. The highest BCUT2D eigenvalue weighted by Crippen LogP contribution is 2.28. The Hall–Kier alpha value is -1.07. The van der Waals surface area contributed by atoms with Crippen LogP contribution in [-0.2, 0) is 11.3 Å². The summed E-state index contributed by atoms with van der Waals surface area (Å²) in [5.74, 6) is 0.876. The average Bonchev–Trinajstić information content (AvgIpc) is 2.85. The van der Waals surface area contributed by atoms with Crippen molar-refractivity contribution < 1.29 is 9.47 Å². The highest BCUT2D eigenvalue weighted by Gasteiger charge is 2.20. The molecule has 0 spiro atoms. The monoisotopic (exact) mass is 283 g/mol. The maximum atomic E-state index is 5.47. The number of ether oxygens (including phenoxy) is 2. The van der Waals surface area contributed by atoms with Gasteiger partial charge in [0.1, 0.15) is 0 Å². The van der Waals surface area contributed by atoms with Crippen LogP contribution in [0.2, 0.25) is 0 Å². The molecule has 0 saturated carbocycles. The van der Waals surface area contributed by atoms with Crippen molar-refractivity contribution in [3.63, 3.8) is 0 Å². The largest absolute Gasteiger partial charge is 0.493 e. The zero-order valence-electron chi connectivity index (χ0n) is 13.3. The SMILES string of the molecule is CCCn1ncc(OC)c1C(CCCOCC)NCC. The standard InChI is InChI=1S/C15H29N3O2/c1-5-10-18-15(14(19-4)12-17-18)13(16-6-2)9-8-11-20-7-3/h12-13,16H,5-11H2,1-4H3. The lowest BCUT2D eigenvalue weighted by Crippen LogP contribution is -2.25. The Kier molecular flexibility index (Phi) is 8.30. The van der Waals surface area contributed by atoms with Gasteiger partial charge in [0, 0.05) is 19.8 Å². The molecule has 1 unspecified atom stereocenters. The third kappa shape index (κ3) is 4.80. The molecule has 116 valence electrons. The Morgan fingerprint density at radius 1 is 1.35 bits per heavy atom. The minimum atomic E-state index is 0.268. The number of nitrogens with one attached hydrogen (secondary N) is 1. The summed E-state index contributed by atoms with van der Waals surface area (Å²) in [4.78, 5) is 0. The molecule has 0 aliphatic carbocycles. The summed E-state index contributed by atoms with van der Waals surface area (Å²) in [5.41, 5.74) is 1.16. The number of hydrogen-bond acceptors (Lipinski definition) is 4. The molecule has 5 heteroatoms. The molecule has 5 nitrogen and oxygen atoms in total. The lowest BCUT2D eigenvalue weighted by Gasteiger charge is -2.20. The molecule has 1 N–H and O–H groups in total. The molecule has 0 amide bonds. The number of methoxy groups -OCH3 is 1. The fourth-order valence-corrected chi connectivity index (χ4v) is 2.39. The second-order valence-corrected chi connectivity index (χ2v) is 4.77. The zero-order valence-corrected chi connectivity index (χ0v) is 13.3. The lowest BCUT2D eigenvalue weighted by molar-refractivity contribution is 0.140. The molecule has 0 saturated heterocycles. The van der Waals surface area contributed by atoms with E-state index >= 15 is 0 Å². The van der Waals surface area contributed by atoms with E-state index in [0.717, 1.165) is 57.0 Å². The molecule has 0 aromatic carbocycles. The van der Waals surface area contributed by atoms with Crippen LogP contribution in [0.25, 0.3) is 0 Å². The summed E-state index contributed by atoms with van der Waals surface area (Å²) in [6, 6.07) is 0.268. The predicted octanol–water partition coefficient (Wildman–Crippen LogP) is 2.77. The van der Waals surface area contributed by atoms with Crippen molar-refractivity contribution in [1.29, 1.82) is 0 Å². The minimum Gasteiger partial charge on any atom is -0.493 e. The van der Waals surface area contributed by atoms with Gasteiger partial charge in [-0.1, -0.05) is 13.8 Å². The number of aryl methyl sites for hydroxylation is 1. The van der Waals surface area contributed by atoms with Gasteiger partial charge in [-0.2, -0.15) is 5.10 Å². The molecule has 1 aromatic rings. The molecule has 0 radical (unpaired) electrons. The van der Waals surface area contributed by atoms with E-state index in [1.807, 2.05) is 13.1 Å². The van der Waals surface area contributed by atoms with E-state index in [4.69, 9.17) is 9.47 Å². The summed E-state index contributed by atoms with van der Waals surface area (Å²) in [6.07, 6.45) is 4.94. The van der Waals surface area contributed by atoms with Gasteiger partial charge >= 0.3 is 0 Å². The first-order valence-electron chi connectivity index (χ1n) is 7.69. The Labute approximate surface area is 122 Å². The van der Waals surface area contributed by atoms with Gasteiger partial charge in [0.05, 0.1) is 25.0 Å². The maximum Gasteiger partial charge on any atom is 0.161 e. The lowest BCUT2D eigenvalue weighted by atomic mass is 10.1. The highest BCUT2D eigenvalue weighted by atomic mass is 16.5. The first-order chi connectivity index (χ1) is 9.78. The van der Waals surface area contributed by atoms with Gasteiger partial charge in [-0.3, -0.25) is 4.68 Å². The number of hydrogen-bond donors (Lipinski definition) is 1. The predicted molar refractivity (Wildman–Crippen MR) is 81.2 cm³/mol. The van der Waals surface area contributed by atoms with Crippen molar-refractivity contribution in [3.05, 3.63) is 11.9 Å². The third-order valence-corrected chi connectivity index (χ3v) is 3.27. The second kappa shape index (κ2) is 9.77. The van der Waals surface area contributed by atoms with Crippen LogP contribution in [0.15, 0.2) is 6.20 Å². The molecule has 1 aromatic heterocycles. The number of aromatic nitrogens is 2. The smallest absolute Gasteiger partial charge is 0.161 e. The Bertz CT molecular complexity index is 366. The zero-order chi connectivity index (χ0) is 14.8. The molecule has 0 bridgehead atoms. The molecule has 0 aliphatic heterocycles. The molecule has 20 heavy (non-hydrogen) atoms. The number of rotatable bonds is 11. The first kappa shape index (κ1) is 17.0. The van der Waals surface area contributed by atoms with E-state index < -0.39 is 0 Å². The van der Waals surface area contributed by atoms with Gasteiger partial charge in [-0.15, -0.1) is 0 Å². The molecule has 1 rings (SSSR count). The summed E-state index contributed by atoms with van der Waals surface area (Å²) in [7, 11) is 1.71. The van der Waals surface area contributed by atoms with Crippen molar-refractivity contribution >= 4 is 0 Å². The fourth-order valence-electron chi connectivity index (χ4n) is 2.39. The normalized spacial score (nSPS) is 12.6. The maximum absolute atomic E-state index is 5.47. The summed E-state index contributed by atoms with van der Waals surface area (Å²) in [6.45, 7) is 9.76. The molecule has 0 aliphatic rings. The molecule has 1 heterocycles. The van der Waals surface area contributed by atoms with Gasteiger partial charge in [-0.05, 0) is 32.7 Å². The van der Waals surface area contributed by atoms with Crippen LogP contribution >= 0.6 is 0 Å². The summed E-state index contributed by atoms with van der Waals surface area (Å²) in [5, 5.41) is 7.98. The Morgan fingerprint density at radius 2 is 2.15 bits per heavy atom. The second-order valence-electron chi connectivity index (χ2n) is 4.77. The quantitative estimate of drug-likeness (QED) is 0.634. The van der Waals surface area contributed by atoms with Crippen molar-refractivity contribution in [1.82, 2.24) is 15.1 Å². The first-order valence-corrected chi connectivity index (χ1v) is 7.69. The van der Waals surface area contributed by atoms with Crippen LogP contribution in [-0.4, -0.2) is 36.6 Å². The van der Waals surface area contributed by atoms with Crippen molar-refractivity contribution in [3.8, 4) is 5.75 Å². The van der Waals surface area contributed by atoms with E-state index in [9.17, 15) is 0 Å². The van der Waals surface area contributed by atoms with E-state index in [1.54, 1.807) is 7.11 Å². The van der Waals surface area contributed by atoms with Crippen molar-refractivity contribution in [2.24, 2.45) is 0 Å². The van der Waals surface area contributed by atoms with Crippen LogP contribution < -0.4 is 10.1 Å². The summed E-state index contributed by atoms with van der Waals surface area (Å²) >= 11 is 0. The van der Waals surface area contributed by atoms with Gasteiger partial charge in [0.2, 0.25) is 0 Å². The van der Waals surface area contributed by atoms with Crippen LogP contribution in [0.4, 0.5) is 0 Å². The van der Waals surface area contributed by atoms with Crippen molar-refractivity contribution in [2.45, 2.75) is 52.6 Å². The Balaban J connectivity index is 2.79.